The van der Waals surface area contributed by atoms with Crippen LogP contribution in [-0.2, 0) is 16.1 Å². The van der Waals surface area contributed by atoms with Gasteiger partial charge in [-0.1, -0.05) is 24.8 Å². The van der Waals surface area contributed by atoms with Crippen molar-refractivity contribution in [3.05, 3.63) is 71.8 Å². The third-order valence-corrected chi connectivity index (χ3v) is 3.38. The Hall–Kier alpha value is -3.41. The molecule has 0 radical (unpaired) electrons. The maximum Gasteiger partial charge on any atom is 0.308 e. The molecule has 6 nitrogen and oxygen atoms in total. The fourth-order valence-corrected chi connectivity index (χ4v) is 2.16. The summed E-state index contributed by atoms with van der Waals surface area (Å²) in [6.45, 7) is 6.84. The standard InChI is InChI=1S/C20H20N2O4/c1-13(2)19(24)21-12-15-6-4-8-17(10-15)22-20(25)16-7-5-9-18(11-16)26-14(3)23/h4-11H,1,12H2,2-3H3,(H,21,24)(H,22,25). The molecule has 0 aliphatic carbocycles. The number of carbonyl (C=O) groups is 3. The highest BCUT2D eigenvalue weighted by Crippen LogP contribution is 2.16. The summed E-state index contributed by atoms with van der Waals surface area (Å²) in [5.74, 6) is -0.697. The van der Waals surface area contributed by atoms with E-state index in [0.717, 1.165) is 5.56 Å². The molecule has 0 bridgehead atoms. The van der Waals surface area contributed by atoms with Crippen molar-refractivity contribution in [1.82, 2.24) is 5.32 Å². The van der Waals surface area contributed by atoms with Gasteiger partial charge in [-0.15, -0.1) is 0 Å². The first-order valence-corrected chi connectivity index (χ1v) is 7.97. The third kappa shape index (κ3) is 5.59. The number of anilines is 1. The lowest BCUT2D eigenvalue weighted by atomic mass is 10.1. The summed E-state index contributed by atoms with van der Waals surface area (Å²) in [6, 6.07) is 13.5. The molecule has 2 aromatic carbocycles. The van der Waals surface area contributed by atoms with Crippen molar-refractivity contribution in [2.24, 2.45) is 0 Å². The van der Waals surface area contributed by atoms with E-state index in [1.165, 1.54) is 13.0 Å². The minimum Gasteiger partial charge on any atom is -0.427 e. The molecular formula is C20H20N2O4. The molecule has 2 aromatic rings. The van der Waals surface area contributed by atoms with Crippen molar-refractivity contribution in [2.75, 3.05) is 5.32 Å². The molecule has 0 fully saturated rings. The average molecular weight is 352 g/mol. The Morgan fingerprint density at radius 1 is 1.04 bits per heavy atom. The van der Waals surface area contributed by atoms with E-state index in [9.17, 15) is 14.4 Å². The summed E-state index contributed by atoms with van der Waals surface area (Å²) in [6.07, 6.45) is 0. The van der Waals surface area contributed by atoms with Gasteiger partial charge in [0.1, 0.15) is 5.75 Å². The Labute approximate surface area is 151 Å². The Bertz CT molecular complexity index is 858. The summed E-state index contributed by atoms with van der Waals surface area (Å²) >= 11 is 0. The van der Waals surface area contributed by atoms with Crippen LogP contribution in [0.3, 0.4) is 0 Å². The molecule has 0 aliphatic rings. The van der Waals surface area contributed by atoms with Crippen LogP contribution >= 0.6 is 0 Å². The summed E-state index contributed by atoms with van der Waals surface area (Å²) in [4.78, 5) is 35.0. The molecule has 0 aliphatic heterocycles. The molecule has 134 valence electrons. The lowest BCUT2D eigenvalue weighted by Crippen LogP contribution is -2.23. The third-order valence-electron chi connectivity index (χ3n) is 3.38. The quantitative estimate of drug-likeness (QED) is 0.475. The zero-order valence-electron chi connectivity index (χ0n) is 14.7. The predicted molar refractivity (Wildman–Crippen MR) is 98.8 cm³/mol. The fourth-order valence-electron chi connectivity index (χ4n) is 2.16. The largest absolute Gasteiger partial charge is 0.427 e. The second-order valence-electron chi connectivity index (χ2n) is 5.74. The van der Waals surface area contributed by atoms with Crippen LogP contribution in [0.25, 0.3) is 0 Å². The molecule has 6 heteroatoms. The van der Waals surface area contributed by atoms with Gasteiger partial charge in [0.05, 0.1) is 0 Å². The van der Waals surface area contributed by atoms with Gasteiger partial charge in [0.25, 0.3) is 5.91 Å². The summed E-state index contributed by atoms with van der Waals surface area (Å²) in [5, 5.41) is 5.52. The van der Waals surface area contributed by atoms with Gasteiger partial charge in [0.15, 0.2) is 0 Å². The van der Waals surface area contributed by atoms with Crippen molar-refractivity contribution >= 4 is 23.5 Å². The Morgan fingerprint density at radius 2 is 1.77 bits per heavy atom. The number of hydrogen-bond acceptors (Lipinski definition) is 4. The topological polar surface area (TPSA) is 84.5 Å². The maximum atomic E-state index is 12.4. The molecule has 0 saturated heterocycles. The van der Waals surface area contributed by atoms with Crippen LogP contribution in [0, 0.1) is 0 Å². The van der Waals surface area contributed by atoms with Gasteiger partial charge < -0.3 is 15.4 Å². The van der Waals surface area contributed by atoms with Gasteiger partial charge in [-0.3, -0.25) is 14.4 Å². The molecule has 2 N–H and O–H groups in total. The number of esters is 1. The maximum absolute atomic E-state index is 12.4. The van der Waals surface area contributed by atoms with E-state index in [2.05, 4.69) is 17.2 Å². The molecule has 0 heterocycles. The molecule has 0 spiro atoms. The van der Waals surface area contributed by atoms with E-state index in [4.69, 9.17) is 4.74 Å². The molecule has 26 heavy (non-hydrogen) atoms. The lowest BCUT2D eigenvalue weighted by molar-refractivity contribution is -0.131. The zero-order chi connectivity index (χ0) is 19.1. The number of carbonyl (C=O) groups excluding carboxylic acids is 3. The Kier molecular flexibility index (Phi) is 6.27. The molecule has 2 amide bonds. The van der Waals surface area contributed by atoms with Crippen LogP contribution < -0.4 is 15.4 Å². The van der Waals surface area contributed by atoms with Crippen molar-refractivity contribution in [3.8, 4) is 5.75 Å². The summed E-state index contributed by atoms with van der Waals surface area (Å²) in [5.41, 5.74) is 2.23. The number of amides is 2. The number of ether oxygens (including phenoxy) is 1. The van der Waals surface area contributed by atoms with Gasteiger partial charge in [0, 0.05) is 30.3 Å². The Balaban J connectivity index is 2.05. The van der Waals surface area contributed by atoms with Crippen LogP contribution in [0.5, 0.6) is 5.75 Å². The number of nitrogens with one attached hydrogen (secondary N) is 2. The fraction of sp³-hybridized carbons (Fsp3) is 0.150. The summed E-state index contributed by atoms with van der Waals surface area (Å²) in [7, 11) is 0. The molecule has 0 atom stereocenters. The average Bonchev–Trinajstić information content (AvgIpc) is 2.59. The predicted octanol–water partition coefficient (Wildman–Crippen LogP) is 3.06. The van der Waals surface area contributed by atoms with Crippen LogP contribution in [0.15, 0.2) is 60.7 Å². The second kappa shape index (κ2) is 8.62. The minimum absolute atomic E-state index is 0.221. The second-order valence-corrected chi connectivity index (χ2v) is 5.74. The highest BCUT2D eigenvalue weighted by atomic mass is 16.5. The van der Waals surface area contributed by atoms with Crippen molar-refractivity contribution < 1.29 is 19.1 Å². The highest BCUT2D eigenvalue weighted by Gasteiger charge is 2.09. The monoisotopic (exact) mass is 352 g/mol. The van der Waals surface area contributed by atoms with Gasteiger partial charge in [-0.05, 0) is 42.8 Å². The molecule has 0 unspecified atom stereocenters. The number of benzene rings is 2. The van der Waals surface area contributed by atoms with E-state index in [0.29, 0.717) is 29.1 Å². The SMILES string of the molecule is C=C(C)C(=O)NCc1cccc(NC(=O)c2cccc(OC(C)=O)c2)c1. The van der Waals surface area contributed by atoms with E-state index in [1.54, 1.807) is 43.3 Å². The minimum atomic E-state index is -0.452. The van der Waals surface area contributed by atoms with E-state index >= 15 is 0 Å². The smallest absolute Gasteiger partial charge is 0.308 e. The van der Waals surface area contributed by atoms with Crippen molar-refractivity contribution in [2.45, 2.75) is 20.4 Å². The first-order valence-electron chi connectivity index (χ1n) is 7.97. The first kappa shape index (κ1) is 18.9. The van der Waals surface area contributed by atoms with Crippen LogP contribution in [0.2, 0.25) is 0 Å². The molecule has 0 saturated carbocycles. The normalized spacial score (nSPS) is 9.92. The van der Waals surface area contributed by atoms with Crippen molar-refractivity contribution in [3.63, 3.8) is 0 Å². The zero-order valence-corrected chi connectivity index (χ0v) is 14.7. The number of hydrogen-bond donors (Lipinski definition) is 2. The molecule has 0 aromatic heterocycles. The van der Waals surface area contributed by atoms with E-state index < -0.39 is 5.97 Å². The van der Waals surface area contributed by atoms with Crippen LogP contribution in [0.4, 0.5) is 5.69 Å². The van der Waals surface area contributed by atoms with Gasteiger partial charge >= 0.3 is 5.97 Å². The Morgan fingerprint density at radius 3 is 2.46 bits per heavy atom. The molecule has 2 rings (SSSR count). The van der Waals surface area contributed by atoms with Crippen LogP contribution in [-0.4, -0.2) is 17.8 Å². The number of rotatable bonds is 6. The van der Waals surface area contributed by atoms with E-state index in [-0.39, 0.29) is 11.8 Å². The molecular weight excluding hydrogens is 332 g/mol. The summed E-state index contributed by atoms with van der Waals surface area (Å²) < 4.78 is 4.98. The van der Waals surface area contributed by atoms with Gasteiger partial charge in [-0.25, -0.2) is 0 Å². The van der Waals surface area contributed by atoms with Crippen molar-refractivity contribution in [1.29, 1.82) is 0 Å². The van der Waals surface area contributed by atoms with Gasteiger partial charge in [-0.2, -0.15) is 0 Å². The van der Waals surface area contributed by atoms with Gasteiger partial charge in [0.2, 0.25) is 5.91 Å². The highest BCUT2D eigenvalue weighted by molar-refractivity contribution is 6.04. The van der Waals surface area contributed by atoms with Crippen LogP contribution in [0.1, 0.15) is 29.8 Å². The van der Waals surface area contributed by atoms with E-state index in [1.807, 2.05) is 6.07 Å². The lowest BCUT2D eigenvalue weighted by Gasteiger charge is -2.09. The first-order chi connectivity index (χ1) is 12.3.